The van der Waals surface area contributed by atoms with Gasteiger partial charge in [-0.2, -0.15) is 10.1 Å². The Hall–Kier alpha value is -1.63. The summed E-state index contributed by atoms with van der Waals surface area (Å²) in [6, 6.07) is 5.21. The summed E-state index contributed by atoms with van der Waals surface area (Å²) in [6.07, 6.45) is 2.53. The van der Waals surface area contributed by atoms with Crippen LogP contribution in [-0.4, -0.2) is 47.3 Å². The van der Waals surface area contributed by atoms with Crippen molar-refractivity contribution >= 4 is 40.7 Å². The topological polar surface area (TPSA) is 66.0 Å². The fraction of sp³-hybridized carbons (Fsp3) is 0.357. The third-order valence-corrected chi connectivity index (χ3v) is 3.37. The first-order valence-corrected chi connectivity index (χ1v) is 7.60. The van der Waals surface area contributed by atoms with Crippen molar-refractivity contribution in [3.8, 4) is 0 Å². The standard InChI is InChI=1S/C14H18Cl2N6/c1-22(2)7-3-6-17-14-20-13(9-18-21-14)19-12-5-4-10(15)8-11(12)16/h4-5,8-9H,3,6-7H2,1-2H3,(H2,17,19,20,21). The minimum atomic E-state index is 0.480. The first kappa shape index (κ1) is 16.7. The Kier molecular flexibility index (Phi) is 6.18. The molecular formula is C14H18Cl2N6. The minimum Gasteiger partial charge on any atom is -0.353 e. The average molecular weight is 341 g/mol. The van der Waals surface area contributed by atoms with E-state index < -0.39 is 0 Å². The lowest BCUT2D eigenvalue weighted by Crippen LogP contribution is -2.17. The predicted octanol–water partition coefficient (Wildman–Crippen LogP) is 3.29. The van der Waals surface area contributed by atoms with Gasteiger partial charge < -0.3 is 15.5 Å². The lowest BCUT2D eigenvalue weighted by molar-refractivity contribution is 0.405. The maximum absolute atomic E-state index is 6.12. The second-order valence-electron chi connectivity index (χ2n) is 5.00. The summed E-state index contributed by atoms with van der Waals surface area (Å²) in [6.45, 7) is 1.78. The molecule has 0 unspecified atom stereocenters. The number of hydrogen-bond donors (Lipinski definition) is 2. The SMILES string of the molecule is CN(C)CCCNc1nncc(Nc2ccc(Cl)cc2Cl)n1. The summed E-state index contributed by atoms with van der Waals surface area (Å²) in [4.78, 5) is 6.47. The Labute approximate surface area is 139 Å². The first-order valence-electron chi connectivity index (χ1n) is 6.85. The predicted molar refractivity (Wildman–Crippen MR) is 91.2 cm³/mol. The van der Waals surface area contributed by atoms with E-state index in [-0.39, 0.29) is 0 Å². The van der Waals surface area contributed by atoms with Crippen molar-refractivity contribution in [1.29, 1.82) is 0 Å². The zero-order valence-electron chi connectivity index (χ0n) is 12.5. The van der Waals surface area contributed by atoms with Gasteiger partial charge in [0.05, 0.1) is 16.9 Å². The van der Waals surface area contributed by atoms with Crippen molar-refractivity contribution in [1.82, 2.24) is 20.1 Å². The Morgan fingerprint density at radius 3 is 2.77 bits per heavy atom. The number of anilines is 3. The number of nitrogens with zero attached hydrogens (tertiary/aromatic N) is 4. The zero-order valence-corrected chi connectivity index (χ0v) is 14.0. The van der Waals surface area contributed by atoms with E-state index in [1.807, 2.05) is 14.1 Å². The van der Waals surface area contributed by atoms with Gasteiger partial charge in [-0.1, -0.05) is 23.2 Å². The molecule has 0 spiro atoms. The normalized spacial score (nSPS) is 10.8. The lowest BCUT2D eigenvalue weighted by atomic mass is 10.3. The number of halogens is 2. The van der Waals surface area contributed by atoms with Crippen LogP contribution < -0.4 is 10.6 Å². The Balaban J connectivity index is 1.96. The Bertz CT molecular complexity index is 620. The smallest absolute Gasteiger partial charge is 0.244 e. The second-order valence-corrected chi connectivity index (χ2v) is 5.84. The first-order chi connectivity index (χ1) is 10.5. The molecule has 0 aliphatic heterocycles. The summed E-state index contributed by atoms with van der Waals surface area (Å²) in [7, 11) is 4.08. The molecule has 0 saturated carbocycles. The largest absolute Gasteiger partial charge is 0.353 e. The van der Waals surface area contributed by atoms with E-state index in [0.717, 1.165) is 19.5 Å². The molecule has 0 saturated heterocycles. The Morgan fingerprint density at radius 2 is 2.05 bits per heavy atom. The van der Waals surface area contributed by atoms with E-state index in [0.29, 0.717) is 27.5 Å². The highest BCUT2D eigenvalue weighted by Gasteiger charge is 2.05. The number of benzene rings is 1. The van der Waals surface area contributed by atoms with Gasteiger partial charge in [-0.05, 0) is 45.3 Å². The van der Waals surface area contributed by atoms with Crippen LogP contribution in [0.2, 0.25) is 10.0 Å². The molecule has 0 radical (unpaired) electrons. The fourth-order valence-electron chi connectivity index (χ4n) is 1.76. The number of nitrogens with one attached hydrogen (secondary N) is 2. The highest BCUT2D eigenvalue weighted by Crippen LogP contribution is 2.27. The van der Waals surface area contributed by atoms with E-state index in [1.54, 1.807) is 18.2 Å². The molecule has 2 N–H and O–H groups in total. The van der Waals surface area contributed by atoms with Crippen molar-refractivity contribution in [2.45, 2.75) is 6.42 Å². The van der Waals surface area contributed by atoms with Crippen LogP contribution in [0.15, 0.2) is 24.4 Å². The summed E-state index contributed by atoms with van der Waals surface area (Å²) in [5.41, 5.74) is 0.713. The second kappa shape index (κ2) is 8.12. The van der Waals surface area contributed by atoms with Crippen LogP contribution in [0.4, 0.5) is 17.5 Å². The van der Waals surface area contributed by atoms with Crippen LogP contribution in [-0.2, 0) is 0 Å². The molecule has 1 aromatic heterocycles. The summed E-state index contributed by atoms with van der Waals surface area (Å²) < 4.78 is 0. The van der Waals surface area contributed by atoms with Crippen LogP contribution in [0, 0.1) is 0 Å². The maximum Gasteiger partial charge on any atom is 0.244 e. The van der Waals surface area contributed by atoms with Gasteiger partial charge in [-0.3, -0.25) is 0 Å². The molecule has 0 aliphatic rings. The Morgan fingerprint density at radius 1 is 1.23 bits per heavy atom. The monoisotopic (exact) mass is 340 g/mol. The van der Waals surface area contributed by atoms with E-state index in [2.05, 4.69) is 30.7 Å². The third-order valence-electron chi connectivity index (χ3n) is 2.82. The summed E-state index contributed by atoms with van der Waals surface area (Å²) in [5, 5.41) is 15.2. The van der Waals surface area contributed by atoms with Crippen LogP contribution in [0.25, 0.3) is 0 Å². The molecule has 0 atom stereocenters. The molecule has 118 valence electrons. The quantitative estimate of drug-likeness (QED) is 0.754. The van der Waals surface area contributed by atoms with Crippen molar-refractivity contribution in [2.24, 2.45) is 0 Å². The molecule has 1 heterocycles. The average Bonchev–Trinajstić information content (AvgIpc) is 2.47. The fourth-order valence-corrected chi connectivity index (χ4v) is 2.22. The number of hydrogen-bond acceptors (Lipinski definition) is 6. The molecule has 22 heavy (non-hydrogen) atoms. The van der Waals surface area contributed by atoms with Crippen LogP contribution in [0.3, 0.4) is 0 Å². The molecule has 2 aromatic rings. The van der Waals surface area contributed by atoms with Gasteiger partial charge in [0.1, 0.15) is 0 Å². The molecule has 1 aromatic carbocycles. The van der Waals surface area contributed by atoms with Gasteiger partial charge in [0.2, 0.25) is 5.95 Å². The van der Waals surface area contributed by atoms with Crippen LogP contribution in [0.5, 0.6) is 0 Å². The van der Waals surface area contributed by atoms with E-state index in [9.17, 15) is 0 Å². The molecule has 0 amide bonds. The van der Waals surface area contributed by atoms with Crippen molar-refractivity contribution in [3.05, 3.63) is 34.4 Å². The van der Waals surface area contributed by atoms with E-state index in [4.69, 9.17) is 23.2 Å². The molecule has 2 rings (SSSR count). The molecule has 8 heteroatoms. The molecule has 6 nitrogen and oxygen atoms in total. The minimum absolute atomic E-state index is 0.480. The number of rotatable bonds is 7. The zero-order chi connectivity index (χ0) is 15.9. The maximum atomic E-state index is 6.12. The van der Waals surface area contributed by atoms with Gasteiger partial charge in [0, 0.05) is 11.6 Å². The van der Waals surface area contributed by atoms with Crippen molar-refractivity contribution in [2.75, 3.05) is 37.8 Å². The highest BCUT2D eigenvalue weighted by atomic mass is 35.5. The van der Waals surface area contributed by atoms with Crippen molar-refractivity contribution < 1.29 is 0 Å². The van der Waals surface area contributed by atoms with Crippen LogP contribution >= 0.6 is 23.2 Å². The van der Waals surface area contributed by atoms with Gasteiger partial charge in [0.25, 0.3) is 0 Å². The van der Waals surface area contributed by atoms with Crippen LogP contribution in [0.1, 0.15) is 6.42 Å². The molecule has 0 fully saturated rings. The third kappa shape index (κ3) is 5.29. The molecular weight excluding hydrogens is 323 g/mol. The van der Waals surface area contributed by atoms with Gasteiger partial charge >= 0.3 is 0 Å². The summed E-state index contributed by atoms with van der Waals surface area (Å²) in [5.74, 6) is 1.04. The van der Waals surface area contributed by atoms with Gasteiger partial charge in [0.15, 0.2) is 5.82 Å². The molecule has 0 aliphatic carbocycles. The van der Waals surface area contributed by atoms with E-state index >= 15 is 0 Å². The van der Waals surface area contributed by atoms with Gasteiger partial charge in [-0.25, -0.2) is 0 Å². The lowest BCUT2D eigenvalue weighted by Gasteiger charge is -2.10. The van der Waals surface area contributed by atoms with Gasteiger partial charge in [-0.15, -0.1) is 5.10 Å². The van der Waals surface area contributed by atoms with E-state index in [1.165, 1.54) is 6.20 Å². The highest BCUT2D eigenvalue weighted by molar-refractivity contribution is 6.36. The number of aromatic nitrogens is 3. The van der Waals surface area contributed by atoms with Crippen molar-refractivity contribution in [3.63, 3.8) is 0 Å². The molecule has 0 bridgehead atoms. The summed E-state index contributed by atoms with van der Waals surface area (Å²) >= 11 is 12.0.